The van der Waals surface area contributed by atoms with E-state index < -0.39 is 0 Å². The summed E-state index contributed by atoms with van der Waals surface area (Å²) < 4.78 is 4.94. The first-order chi connectivity index (χ1) is 7.57. The smallest absolute Gasteiger partial charge is 0.308 e. The van der Waals surface area contributed by atoms with E-state index in [9.17, 15) is 9.59 Å². The fraction of sp³-hybridized carbons (Fsp3) is 0.846. The molecule has 0 spiro atoms. The van der Waals surface area contributed by atoms with Gasteiger partial charge in [-0.15, -0.1) is 0 Å². The molecule has 94 valence electrons. The van der Waals surface area contributed by atoms with E-state index in [1.54, 1.807) is 13.8 Å². The monoisotopic (exact) mass is 228 g/mol. The van der Waals surface area contributed by atoms with Gasteiger partial charge in [-0.3, -0.25) is 9.59 Å². The molecule has 0 aromatic rings. The molecule has 0 aromatic heterocycles. The molecule has 0 aromatic carbocycles. The first-order valence-electron chi connectivity index (χ1n) is 6.26. The summed E-state index contributed by atoms with van der Waals surface area (Å²) in [6.45, 7) is 5.96. The highest BCUT2D eigenvalue weighted by Gasteiger charge is 2.09. The third-order valence-electron chi connectivity index (χ3n) is 2.41. The molecule has 0 rings (SSSR count). The third kappa shape index (κ3) is 8.45. The highest BCUT2D eigenvalue weighted by Crippen LogP contribution is 2.05. The molecule has 0 aliphatic heterocycles. The molecule has 0 heterocycles. The minimum absolute atomic E-state index is 0.111. The van der Waals surface area contributed by atoms with Gasteiger partial charge in [0, 0.05) is 12.8 Å². The Morgan fingerprint density at radius 2 is 1.75 bits per heavy atom. The van der Waals surface area contributed by atoms with Crippen molar-refractivity contribution in [2.24, 2.45) is 5.92 Å². The van der Waals surface area contributed by atoms with Gasteiger partial charge in [0.15, 0.2) is 0 Å². The van der Waals surface area contributed by atoms with Crippen LogP contribution in [0.1, 0.15) is 59.3 Å². The largest absolute Gasteiger partial charge is 0.465 e. The number of carbonyl (C=O) groups is 2. The van der Waals surface area contributed by atoms with Crippen molar-refractivity contribution in [1.82, 2.24) is 0 Å². The van der Waals surface area contributed by atoms with Gasteiger partial charge in [-0.1, -0.05) is 40.0 Å². The van der Waals surface area contributed by atoms with E-state index in [1.165, 1.54) is 12.8 Å². The molecule has 0 amide bonds. The summed E-state index contributed by atoms with van der Waals surface area (Å²) >= 11 is 0. The van der Waals surface area contributed by atoms with Crippen molar-refractivity contribution < 1.29 is 14.3 Å². The van der Waals surface area contributed by atoms with Gasteiger partial charge in [-0.25, -0.2) is 0 Å². The van der Waals surface area contributed by atoms with E-state index in [1.807, 2.05) is 0 Å². The van der Waals surface area contributed by atoms with Crippen LogP contribution in [0.25, 0.3) is 0 Å². The van der Waals surface area contributed by atoms with Gasteiger partial charge in [0.05, 0.1) is 12.5 Å². The molecular weight excluding hydrogens is 204 g/mol. The van der Waals surface area contributed by atoms with Crippen molar-refractivity contribution in [3.05, 3.63) is 0 Å². The van der Waals surface area contributed by atoms with Crippen LogP contribution in [0.15, 0.2) is 0 Å². The zero-order valence-corrected chi connectivity index (χ0v) is 10.8. The van der Waals surface area contributed by atoms with Crippen LogP contribution in [0, 0.1) is 5.92 Å². The Labute approximate surface area is 98.6 Å². The summed E-state index contributed by atoms with van der Waals surface area (Å²) in [6, 6.07) is 0. The standard InChI is InChI=1S/C13H24O3/c1-4-5-6-7-8-12(14)9-10-16-13(15)11(2)3/h11H,4-10H2,1-3H3. The van der Waals surface area contributed by atoms with Crippen molar-refractivity contribution >= 4 is 11.8 Å². The number of hydrogen-bond acceptors (Lipinski definition) is 3. The quantitative estimate of drug-likeness (QED) is 0.450. The SMILES string of the molecule is CCCCCCC(=O)CCOC(=O)C(C)C. The third-order valence-corrected chi connectivity index (χ3v) is 2.41. The zero-order valence-electron chi connectivity index (χ0n) is 10.8. The number of carbonyl (C=O) groups excluding carboxylic acids is 2. The second-order valence-corrected chi connectivity index (χ2v) is 4.42. The van der Waals surface area contributed by atoms with Crippen molar-refractivity contribution in [3.8, 4) is 0 Å². The van der Waals surface area contributed by atoms with Crippen molar-refractivity contribution in [1.29, 1.82) is 0 Å². The van der Waals surface area contributed by atoms with Crippen LogP contribution in [0.2, 0.25) is 0 Å². The molecule has 0 aliphatic carbocycles. The molecule has 0 N–H and O–H groups in total. The summed E-state index contributed by atoms with van der Waals surface area (Å²) in [4.78, 5) is 22.5. The van der Waals surface area contributed by atoms with E-state index in [-0.39, 0.29) is 24.3 Å². The molecule has 0 atom stereocenters. The second-order valence-electron chi connectivity index (χ2n) is 4.42. The van der Waals surface area contributed by atoms with Gasteiger partial charge in [-0.2, -0.15) is 0 Å². The molecular formula is C13H24O3. The van der Waals surface area contributed by atoms with Gasteiger partial charge in [0.25, 0.3) is 0 Å². The Bertz CT molecular complexity index is 209. The first-order valence-corrected chi connectivity index (χ1v) is 6.26. The van der Waals surface area contributed by atoms with Crippen LogP contribution in [0.4, 0.5) is 0 Å². The van der Waals surface area contributed by atoms with E-state index in [2.05, 4.69) is 6.92 Å². The Balaban J connectivity index is 3.40. The molecule has 0 saturated heterocycles. The summed E-state index contributed by atoms with van der Waals surface area (Å²) in [6.07, 6.45) is 5.44. The number of ether oxygens (including phenoxy) is 1. The highest BCUT2D eigenvalue weighted by atomic mass is 16.5. The minimum atomic E-state index is -0.223. The van der Waals surface area contributed by atoms with Crippen molar-refractivity contribution in [2.75, 3.05) is 6.61 Å². The van der Waals surface area contributed by atoms with E-state index in [0.717, 1.165) is 12.8 Å². The van der Waals surface area contributed by atoms with Crippen molar-refractivity contribution in [2.45, 2.75) is 59.3 Å². The Kier molecular flexibility index (Phi) is 8.87. The lowest BCUT2D eigenvalue weighted by molar-refractivity contribution is -0.147. The second kappa shape index (κ2) is 9.37. The highest BCUT2D eigenvalue weighted by molar-refractivity contribution is 5.79. The van der Waals surface area contributed by atoms with Gasteiger partial charge in [-0.05, 0) is 6.42 Å². The Morgan fingerprint density at radius 1 is 1.06 bits per heavy atom. The lowest BCUT2D eigenvalue weighted by atomic mass is 10.1. The van der Waals surface area contributed by atoms with Crippen LogP contribution in [0.5, 0.6) is 0 Å². The molecule has 0 radical (unpaired) electrons. The van der Waals surface area contributed by atoms with Gasteiger partial charge in [0.2, 0.25) is 0 Å². The molecule has 0 aliphatic rings. The average molecular weight is 228 g/mol. The number of ketones is 1. The van der Waals surface area contributed by atoms with Crippen LogP contribution >= 0.6 is 0 Å². The molecule has 16 heavy (non-hydrogen) atoms. The van der Waals surface area contributed by atoms with Crippen LogP contribution in [0.3, 0.4) is 0 Å². The van der Waals surface area contributed by atoms with Gasteiger partial charge in [0.1, 0.15) is 5.78 Å². The number of esters is 1. The molecule has 0 fully saturated rings. The lowest BCUT2D eigenvalue weighted by Gasteiger charge is -2.06. The maximum Gasteiger partial charge on any atom is 0.308 e. The Morgan fingerprint density at radius 3 is 2.31 bits per heavy atom. The van der Waals surface area contributed by atoms with Crippen LogP contribution in [-0.2, 0) is 14.3 Å². The molecule has 3 nitrogen and oxygen atoms in total. The number of Topliss-reactive ketones (excluding diaryl/α,β-unsaturated/α-hetero) is 1. The normalized spacial score (nSPS) is 10.5. The van der Waals surface area contributed by atoms with Crippen LogP contribution in [-0.4, -0.2) is 18.4 Å². The predicted molar refractivity (Wildman–Crippen MR) is 64.2 cm³/mol. The minimum Gasteiger partial charge on any atom is -0.465 e. The molecule has 0 saturated carbocycles. The summed E-state index contributed by atoms with van der Waals surface area (Å²) in [5.41, 5.74) is 0. The van der Waals surface area contributed by atoms with Crippen LogP contribution < -0.4 is 0 Å². The Hall–Kier alpha value is -0.860. The topological polar surface area (TPSA) is 43.4 Å². The maximum atomic E-state index is 11.4. The van der Waals surface area contributed by atoms with E-state index in [4.69, 9.17) is 4.74 Å². The number of unbranched alkanes of at least 4 members (excludes halogenated alkanes) is 3. The van der Waals surface area contributed by atoms with E-state index >= 15 is 0 Å². The fourth-order valence-corrected chi connectivity index (χ4v) is 1.31. The summed E-state index contributed by atoms with van der Waals surface area (Å²) in [7, 11) is 0. The van der Waals surface area contributed by atoms with Crippen molar-refractivity contribution in [3.63, 3.8) is 0 Å². The van der Waals surface area contributed by atoms with Gasteiger partial charge < -0.3 is 4.74 Å². The predicted octanol–water partition coefficient (Wildman–Crippen LogP) is 3.12. The first kappa shape index (κ1) is 15.1. The molecule has 3 heteroatoms. The maximum absolute atomic E-state index is 11.4. The number of hydrogen-bond donors (Lipinski definition) is 0. The molecule has 0 bridgehead atoms. The zero-order chi connectivity index (χ0) is 12.4. The summed E-state index contributed by atoms with van der Waals surface area (Å²) in [5, 5.41) is 0. The lowest BCUT2D eigenvalue weighted by Crippen LogP contribution is -2.14. The molecule has 0 unspecified atom stereocenters. The van der Waals surface area contributed by atoms with Gasteiger partial charge >= 0.3 is 5.97 Å². The van der Waals surface area contributed by atoms with E-state index in [0.29, 0.717) is 12.8 Å². The summed E-state index contributed by atoms with van der Waals surface area (Å²) in [5.74, 6) is -0.133. The number of rotatable bonds is 9. The fourth-order valence-electron chi connectivity index (χ4n) is 1.31. The average Bonchev–Trinajstić information content (AvgIpc) is 2.24.